The number of halogens is 2. The van der Waals surface area contributed by atoms with Gasteiger partial charge in [-0.1, -0.05) is 41.9 Å². The highest BCUT2D eigenvalue weighted by Gasteiger charge is 2.20. The molecular weight excluding hydrogens is 357 g/mol. The Morgan fingerprint density at radius 3 is 2.50 bits per heavy atom. The van der Waals surface area contributed by atoms with E-state index in [1.165, 1.54) is 19.1 Å². The second-order valence-corrected chi connectivity index (χ2v) is 6.13. The van der Waals surface area contributed by atoms with Crippen molar-refractivity contribution in [3.8, 4) is 0 Å². The van der Waals surface area contributed by atoms with Crippen LogP contribution in [0, 0.1) is 5.82 Å². The molecule has 3 aromatic rings. The van der Waals surface area contributed by atoms with Gasteiger partial charge in [-0.25, -0.2) is 9.18 Å². The van der Waals surface area contributed by atoms with Crippen LogP contribution in [0.2, 0.25) is 5.02 Å². The van der Waals surface area contributed by atoms with Crippen LogP contribution in [0.25, 0.3) is 10.8 Å². The molecule has 0 fully saturated rings. The first kappa shape index (κ1) is 17.9. The first-order valence-corrected chi connectivity index (χ1v) is 8.27. The molecule has 3 aromatic carbocycles. The molecule has 0 saturated carbocycles. The van der Waals surface area contributed by atoms with Gasteiger partial charge in [0.2, 0.25) is 0 Å². The molecule has 0 aliphatic heterocycles. The number of anilines is 1. The number of hydrogen-bond donors (Lipinski definition) is 1. The van der Waals surface area contributed by atoms with Crippen LogP contribution in [-0.4, -0.2) is 18.0 Å². The van der Waals surface area contributed by atoms with Gasteiger partial charge in [0.25, 0.3) is 5.91 Å². The summed E-state index contributed by atoms with van der Waals surface area (Å²) in [6.45, 7) is 1.45. The molecule has 0 heterocycles. The lowest BCUT2D eigenvalue weighted by Gasteiger charge is -2.14. The highest BCUT2D eigenvalue weighted by atomic mass is 35.5. The lowest BCUT2D eigenvalue weighted by Crippen LogP contribution is -2.30. The summed E-state index contributed by atoms with van der Waals surface area (Å²) in [7, 11) is 0. The molecule has 0 saturated heterocycles. The third-order valence-electron chi connectivity index (χ3n) is 3.83. The number of rotatable bonds is 4. The fourth-order valence-corrected chi connectivity index (χ4v) is 2.64. The number of carbonyl (C=O) groups excluding carboxylic acids is 2. The molecule has 6 heteroatoms. The van der Waals surface area contributed by atoms with Crippen LogP contribution in [-0.2, 0) is 9.53 Å². The van der Waals surface area contributed by atoms with Crippen LogP contribution >= 0.6 is 11.6 Å². The zero-order chi connectivity index (χ0) is 18.7. The molecule has 1 amide bonds. The van der Waals surface area contributed by atoms with E-state index < -0.39 is 23.8 Å². The summed E-state index contributed by atoms with van der Waals surface area (Å²) in [5.74, 6) is -1.68. The molecule has 0 unspecified atom stereocenters. The third kappa shape index (κ3) is 4.00. The van der Waals surface area contributed by atoms with E-state index in [-0.39, 0.29) is 10.7 Å². The molecule has 26 heavy (non-hydrogen) atoms. The highest BCUT2D eigenvalue weighted by molar-refractivity contribution is 6.33. The van der Waals surface area contributed by atoms with Crippen molar-refractivity contribution in [2.75, 3.05) is 5.32 Å². The molecule has 3 rings (SSSR count). The second kappa shape index (κ2) is 7.54. The van der Waals surface area contributed by atoms with E-state index in [1.807, 2.05) is 30.3 Å². The number of esters is 1. The van der Waals surface area contributed by atoms with Crippen molar-refractivity contribution in [1.29, 1.82) is 0 Å². The molecule has 0 bridgehead atoms. The monoisotopic (exact) mass is 371 g/mol. The van der Waals surface area contributed by atoms with Crippen LogP contribution in [0.15, 0.2) is 60.7 Å². The SMILES string of the molecule is C[C@H](OC(=O)c1ccc2ccccc2c1)C(=O)Nc1ccc(F)cc1Cl. The van der Waals surface area contributed by atoms with E-state index in [0.29, 0.717) is 5.56 Å². The fraction of sp³-hybridized carbons (Fsp3) is 0.100. The standard InChI is InChI=1S/C20H15ClFNO3/c1-12(19(24)23-18-9-8-16(22)11-17(18)21)26-20(25)15-7-6-13-4-2-3-5-14(13)10-15/h2-12H,1H3,(H,23,24)/t12-/m0/s1. The molecule has 0 aromatic heterocycles. The average molecular weight is 372 g/mol. The summed E-state index contributed by atoms with van der Waals surface area (Å²) in [6, 6.07) is 16.4. The topological polar surface area (TPSA) is 55.4 Å². The van der Waals surface area contributed by atoms with Gasteiger partial charge in [-0.15, -0.1) is 0 Å². The Hall–Kier alpha value is -2.92. The van der Waals surface area contributed by atoms with Crippen molar-refractivity contribution in [3.63, 3.8) is 0 Å². The van der Waals surface area contributed by atoms with Crippen molar-refractivity contribution in [1.82, 2.24) is 0 Å². The first-order chi connectivity index (χ1) is 12.4. The smallest absolute Gasteiger partial charge is 0.338 e. The molecule has 0 radical (unpaired) electrons. The van der Waals surface area contributed by atoms with E-state index in [0.717, 1.165) is 16.8 Å². The summed E-state index contributed by atoms with van der Waals surface area (Å²) in [6.07, 6.45) is -1.05. The van der Waals surface area contributed by atoms with Gasteiger partial charge < -0.3 is 10.1 Å². The predicted octanol–water partition coefficient (Wildman–Crippen LogP) is 4.82. The maximum absolute atomic E-state index is 13.0. The van der Waals surface area contributed by atoms with Gasteiger partial charge in [0, 0.05) is 0 Å². The van der Waals surface area contributed by atoms with E-state index in [9.17, 15) is 14.0 Å². The van der Waals surface area contributed by atoms with Crippen molar-refractivity contribution >= 4 is 39.9 Å². The van der Waals surface area contributed by atoms with Gasteiger partial charge >= 0.3 is 5.97 Å². The van der Waals surface area contributed by atoms with Crippen molar-refractivity contribution < 1.29 is 18.7 Å². The lowest BCUT2D eigenvalue weighted by molar-refractivity contribution is -0.123. The van der Waals surface area contributed by atoms with E-state index in [1.54, 1.807) is 12.1 Å². The molecule has 0 aliphatic carbocycles. The number of amides is 1. The Kier molecular flexibility index (Phi) is 5.19. The summed E-state index contributed by atoms with van der Waals surface area (Å²) in [5.41, 5.74) is 0.592. The molecule has 1 atom stereocenters. The molecule has 0 aliphatic rings. The quantitative estimate of drug-likeness (QED) is 0.669. The second-order valence-electron chi connectivity index (χ2n) is 5.72. The Balaban J connectivity index is 1.68. The van der Waals surface area contributed by atoms with Crippen LogP contribution in [0.3, 0.4) is 0 Å². The Bertz CT molecular complexity index is 990. The molecule has 1 N–H and O–H groups in total. The van der Waals surface area contributed by atoms with Gasteiger partial charge in [-0.3, -0.25) is 4.79 Å². The van der Waals surface area contributed by atoms with Gasteiger partial charge in [-0.2, -0.15) is 0 Å². The molecule has 132 valence electrons. The summed E-state index contributed by atoms with van der Waals surface area (Å²) in [4.78, 5) is 24.5. The summed E-state index contributed by atoms with van der Waals surface area (Å²) >= 11 is 5.87. The summed E-state index contributed by atoms with van der Waals surface area (Å²) < 4.78 is 18.3. The Morgan fingerprint density at radius 1 is 1.04 bits per heavy atom. The lowest BCUT2D eigenvalue weighted by atomic mass is 10.1. The van der Waals surface area contributed by atoms with E-state index in [4.69, 9.17) is 16.3 Å². The van der Waals surface area contributed by atoms with E-state index >= 15 is 0 Å². The Morgan fingerprint density at radius 2 is 1.77 bits per heavy atom. The predicted molar refractivity (Wildman–Crippen MR) is 98.9 cm³/mol. The molecule has 0 spiro atoms. The number of ether oxygens (including phenoxy) is 1. The number of nitrogens with one attached hydrogen (secondary N) is 1. The van der Waals surface area contributed by atoms with Crippen LogP contribution in [0.4, 0.5) is 10.1 Å². The van der Waals surface area contributed by atoms with Crippen LogP contribution in [0.1, 0.15) is 17.3 Å². The summed E-state index contributed by atoms with van der Waals surface area (Å²) in [5, 5.41) is 4.47. The normalized spacial score (nSPS) is 11.8. The third-order valence-corrected chi connectivity index (χ3v) is 4.14. The van der Waals surface area contributed by atoms with E-state index in [2.05, 4.69) is 5.32 Å². The average Bonchev–Trinajstić information content (AvgIpc) is 2.63. The zero-order valence-corrected chi connectivity index (χ0v) is 14.6. The Labute approximate surface area is 154 Å². The van der Waals surface area contributed by atoms with Gasteiger partial charge in [0.05, 0.1) is 16.3 Å². The number of hydrogen-bond acceptors (Lipinski definition) is 3. The fourth-order valence-electron chi connectivity index (χ4n) is 2.42. The molecule has 4 nitrogen and oxygen atoms in total. The maximum atomic E-state index is 13.0. The molecular formula is C20H15ClFNO3. The minimum Gasteiger partial charge on any atom is -0.449 e. The highest BCUT2D eigenvalue weighted by Crippen LogP contribution is 2.23. The minimum absolute atomic E-state index is 0.0615. The number of fused-ring (bicyclic) bond motifs is 1. The first-order valence-electron chi connectivity index (χ1n) is 7.90. The number of benzene rings is 3. The van der Waals surface area contributed by atoms with Crippen molar-refractivity contribution in [3.05, 3.63) is 77.1 Å². The van der Waals surface area contributed by atoms with Gasteiger partial charge in [-0.05, 0) is 48.0 Å². The van der Waals surface area contributed by atoms with Gasteiger partial charge in [0.1, 0.15) is 5.82 Å². The largest absolute Gasteiger partial charge is 0.449 e. The van der Waals surface area contributed by atoms with Crippen molar-refractivity contribution in [2.45, 2.75) is 13.0 Å². The van der Waals surface area contributed by atoms with Crippen LogP contribution < -0.4 is 5.32 Å². The zero-order valence-electron chi connectivity index (χ0n) is 13.8. The number of carbonyl (C=O) groups is 2. The van der Waals surface area contributed by atoms with Gasteiger partial charge in [0.15, 0.2) is 6.10 Å². The minimum atomic E-state index is -1.05. The maximum Gasteiger partial charge on any atom is 0.338 e. The van der Waals surface area contributed by atoms with Crippen LogP contribution in [0.5, 0.6) is 0 Å². The van der Waals surface area contributed by atoms with Crippen molar-refractivity contribution in [2.24, 2.45) is 0 Å².